The van der Waals surface area contributed by atoms with E-state index < -0.39 is 29.4 Å². The van der Waals surface area contributed by atoms with E-state index in [2.05, 4.69) is 5.32 Å². The molecule has 0 bridgehead atoms. The zero-order valence-corrected chi connectivity index (χ0v) is 12.8. The van der Waals surface area contributed by atoms with E-state index >= 15 is 0 Å². The molecule has 1 aliphatic heterocycles. The standard InChI is InChI=1S/C18H15F2NO3/c1-2-11(18(23)24)16-12-7-9(4-6-15(12)21-17(16)22)10-3-5-13(19)14(20)8-10/h3-8,11,16H,2H2,1H3,(H,21,22)(H,23,24). The Bertz CT molecular complexity index is 835. The SMILES string of the molecule is CCC(C(=O)O)C1C(=O)Nc2ccc(-c3ccc(F)c(F)c3)cc21. The fourth-order valence-electron chi connectivity index (χ4n) is 3.09. The maximum absolute atomic E-state index is 13.4. The van der Waals surface area contributed by atoms with Crippen LogP contribution in [-0.2, 0) is 9.59 Å². The van der Waals surface area contributed by atoms with Gasteiger partial charge in [0.15, 0.2) is 11.6 Å². The maximum atomic E-state index is 13.4. The lowest BCUT2D eigenvalue weighted by atomic mass is 9.84. The molecular weight excluding hydrogens is 316 g/mol. The number of hydrogen-bond acceptors (Lipinski definition) is 2. The number of carbonyl (C=O) groups excluding carboxylic acids is 1. The third-order valence-corrected chi connectivity index (χ3v) is 4.34. The second-order valence-corrected chi connectivity index (χ2v) is 5.75. The lowest BCUT2D eigenvalue weighted by Crippen LogP contribution is -2.26. The molecule has 0 fully saturated rings. The summed E-state index contributed by atoms with van der Waals surface area (Å²) >= 11 is 0. The number of rotatable bonds is 4. The Morgan fingerprint density at radius 2 is 1.83 bits per heavy atom. The maximum Gasteiger partial charge on any atom is 0.307 e. The molecule has 0 radical (unpaired) electrons. The number of anilines is 1. The average molecular weight is 331 g/mol. The quantitative estimate of drug-likeness (QED) is 0.896. The second kappa shape index (κ2) is 6.03. The van der Waals surface area contributed by atoms with Crippen molar-refractivity contribution < 1.29 is 23.5 Å². The van der Waals surface area contributed by atoms with Gasteiger partial charge in [0.2, 0.25) is 5.91 Å². The highest BCUT2D eigenvalue weighted by Crippen LogP contribution is 2.41. The number of halogens is 2. The number of carboxylic acids is 1. The monoisotopic (exact) mass is 331 g/mol. The van der Waals surface area contributed by atoms with Crippen molar-refractivity contribution in [2.45, 2.75) is 19.3 Å². The lowest BCUT2D eigenvalue weighted by Gasteiger charge is -2.17. The Balaban J connectivity index is 2.07. The van der Waals surface area contributed by atoms with E-state index in [1.807, 2.05) is 0 Å². The molecule has 4 nitrogen and oxygen atoms in total. The molecule has 2 aromatic rings. The fraction of sp³-hybridized carbons (Fsp3) is 0.222. The molecule has 0 aliphatic carbocycles. The Kier molecular flexibility index (Phi) is 4.05. The van der Waals surface area contributed by atoms with Crippen LogP contribution in [0.2, 0.25) is 0 Å². The number of fused-ring (bicyclic) bond motifs is 1. The van der Waals surface area contributed by atoms with Gasteiger partial charge in [0.25, 0.3) is 0 Å². The van der Waals surface area contributed by atoms with E-state index in [1.54, 1.807) is 25.1 Å². The van der Waals surface area contributed by atoms with Gasteiger partial charge in [-0.3, -0.25) is 9.59 Å². The first-order valence-corrected chi connectivity index (χ1v) is 7.55. The predicted octanol–water partition coefficient (Wildman–Crippen LogP) is 3.78. The molecule has 2 aromatic carbocycles. The van der Waals surface area contributed by atoms with Crippen molar-refractivity contribution >= 4 is 17.6 Å². The highest BCUT2D eigenvalue weighted by molar-refractivity contribution is 6.05. The van der Waals surface area contributed by atoms with Crippen molar-refractivity contribution in [3.8, 4) is 11.1 Å². The predicted molar refractivity (Wildman–Crippen MR) is 84.6 cm³/mol. The highest BCUT2D eigenvalue weighted by atomic mass is 19.2. The molecule has 1 amide bonds. The molecule has 1 heterocycles. The molecule has 0 spiro atoms. The van der Waals surface area contributed by atoms with Crippen molar-refractivity contribution in [3.05, 3.63) is 53.6 Å². The third kappa shape index (κ3) is 2.64. The normalized spacial score (nSPS) is 17.3. The van der Waals surface area contributed by atoms with Gasteiger partial charge in [-0.05, 0) is 47.4 Å². The van der Waals surface area contributed by atoms with Crippen LogP contribution in [0.5, 0.6) is 0 Å². The van der Waals surface area contributed by atoms with E-state index in [-0.39, 0.29) is 5.91 Å². The Hall–Kier alpha value is -2.76. The number of nitrogens with one attached hydrogen (secondary N) is 1. The van der Waals surface area contributed by atoms with Crippen LogP contribution in [0.15, 0.2) is 36.4 Å². The molecular formula is C18H15F2NO3. The summed E-state index contributed by atoms with van der Waals surface area (Å²) in [7, 11) is 0. The minimum absolute atomic E-state index is 0.308. The van der Waals surface area contributed by atoms with Crippen LogP contribution in [0.3, 0.4) is 0 Å². The molecule has 0 saturated heterocycles. The van der Waals surface area contributed by atoms with Crippen LogP contribution in [-0.4, -0.2) is 17.0 Å². The zero-order chi connectivity index (χ0) is 17.4. The van der Waals surface area contributed by atoms with Gasteiger partial charge in [0, 0.05) is 5.69 Å². The lowest BCUT2D eigenvalue weighted by molar-refractivity contribution is -0.144. The smallest absolute Gasteiger partial charge is 0.307 e. The fourth-order valence-corrected chi connectivity index (χ4v) is 3.09. The van der Waals surface area contributed by atoms with Gasteiger partial charge < -0.3 is 10.4 Å². The molecule has 0 saturated carbocycles. The number of benzene rings is 2. The van der Waals surface area contributed by atoms with Gasteiger partial charge in [0.1, 0.15) is 0 Å². The van der Waals surface area contributed by atoms with Crippen molar-refractivity contribution in [3.63, 3.8) is 0 Å². The van der Waals surface area contributed by atoms with Gasteiger partial charge in [-0.25, -0.2) is 8.78 Å². The summed E-state index contributed by atoms with van der Waals surface area (Å²) < 4.78 is 26.5. The first-order valence-electron chi connectivity index (χ1n) is 7.55. The number of amides is 1. The van der Waals surface area contributed by atoms with Crippen molar-refractivity contribution in [1.29, 1.82) is 0 Å². The van der Waals surface area contributed by atoms with Crippen LogP contribution in [0, 0.1) is 17.6 Å². The van der Waals surface area contributed by atoms with Crippen LogP contribution in [0.4, 0.5) is 14.5 Å². The first kappa shape index (κ1) is 16.1. The van der Waals surface area contributed by atoms with Crippen molar-refractivity contribution in [1.82, 2.24) is 0 Å². The van der Waals surface area contributed by atoms with Crippen LogP contribution >= 0.6 is 0 Å². The van der Waals surface area contributed by atoms with Crippen LogP contribution in [0.25, 0.3) is 11.1 Å². The molecule has 3 rings (SSSR count). The van der Waals surface area contributed by atoms with E-state index in [9.17, 15) is 23.5 Å². The average Bonchev–Trinajstić information content (AvgIpc) is 2.86. The minimum atomic E-state index is -1.04. The number of carbonyl (C=O) groups is 2. The van der Waals surface area contributed by atoms with Gasteiger partial charge in [0.05, 0.1) is 11.8 Å². The van der Waals surface area contributed by atoms with Gasteiger partial charge in [-0.15, -0.1) is 0 Å². The molecule has 6 heteroatoms. The molecule has 2 N–H and O–H groups in total. The second-order valence-electron chi connectivity index (χ2n) is 5.75. The molecule has 124 valence electrons. The molecule has 0 aromatic heterocycles. The first-order chi connectivity index (χ1) is 11.4. The van der Waals surface area contributed by atoms with Gasteiger partial charge >= 0.3 is 5.97 Å². The number of aliphatic carboxylic acids is 1. The van der Waals surface area contributed by atoms with E-state index in [0.29, 0.717) is 28.8 Å². The van der Waals surface area contributed by atoms with E-state index in [1.165, 1.54) is 6.07 Å². The highest BCUT2D eigenvalue weighted by Gasteiger charge is 2.39. The minimum Gasteiger partial charge on any atom is -0.481 e. The Labute approximate surface area is 137 Å². The molecule has 2 atom stereocenters. The molecule has 1 aliphatic rings. The van der Waals surface area contributed by atoms with Crippen LogP contribution < -0.4 is 5.32 Å². The Morgan fingerprint density at radius 1 is 1.17 bits per heavy atom. The largest absolute Gasteiger partial charge is 0.481 e. The van der Waals surface area contributed by atoms with Crippen molar-refractivity contribution in [2.75, 3.05) is 5.32 Å². The summed E-state index contributed by atoms with van der Waals surface area (Å²) in [4.78, 5) is 23.6. The molecule has 24 heavy (non-hydrogen) atoms. The summed E-state index contributed by atoms with van der Waals surface area (Å²) in [6.07, 6.45) is 0.308. The summed E-state index contributed by atoms with van der Waals surface area (Å²) in [5, 5.41) is 12.0. The van der Waals surface area contributed by atoms with Crippen molar-refractivity contribution in [2.24, 2.45) is 5.92 Å². The zero-order valence-electron chi connectivity index (χ0n) is 12.8. The molecule has 2 unspecified atom stereocenters. The number of carboxylic acid groups (broad SMARTS) is 1. The van der Waals surface area contributed by atoms with E-state index in [0.717, 1.165) is 12.1 Å². The Morgan fingerprint density at radius 3 is 2.46 bits per heavy atom. The van der Waals surface area contributed by atoms with E-state index in [4.69, 9.17) is 0 Å². The summed E-state index contributed by atoms with van der Waals surface area (Å²) in [5.41, 5.74) is 2.17. The summed E-state index contributed by atoms with van der Waals surface area (Å²) in [6, 6.07) is 8.54. The topological polar surface area (TPSA) is 66.4 Å². The third-order valence-electron chi connectivity index (χ3n) is 4.34. The van der Waals surface area contributed by atoms with Gasteiger partial charge in [-0.2, -0.15) is 0 Å². The van der Waals surface area contributed by atoms with Gasteiger partial charge in [-0.1, -0.05) is 19.1 Å². The summed E-state index contributed by atoms with van der Waals surface area (Å²) in [6.45, 7) is 1.71. The van der Waals surface area contributed by atoms with Crippen LogP contribution in [0.1, 0.15) is 24.8 Å². The number of hydrogen-bond donors (Lipinski definition) is 2. The summed E-state index contributed by atoms with van der Waals surface area (Å²) in [5.74, 6) is -4.94.